The van der Waals surface area contributed by atoms with Gasteiger partial charge in [-0.05, 0) is 37.6 Å². The molecule has 77 valence electrons. The Labute approximate surface area is 87.7 Å². The van der Waals surface area contributed by atoms with Crippen LogP contribution in [0.25, 0.3) is 0 Å². The molecule has 1 aromatic carbocycles. The minimum atomic E-state index is 1.04. The SMILES string of the molecule is CCCN(CCC)Cc1[c]cccc1. The third-order valence-corrected chi connectivity index (χ3v) is 2.25. The quantitative estimate of drug-likeness (QED) is 0.666. The molecule has 0 amide bonds. The average Bonchev–Trinajstić information content (AvgIpc) is 2.20. The Morgan fingerprint density at radius 1 is 1.14 bits per heavy atom. The van der Waals surface area contributed by atoms with Gasteiger partial charge in [-0.25, -0.2) is 0 Å². The molecule has 0 saturated heterocycles. The van der Waals surface area contributed by atoms with Gasteiger partial charge in [-0.3, -0.25) is 4.90 Å². The summed E-state index contributed by atoms with van der Waals surface area (Å²) in [6.45, 7) is 7.89. The zero-order valence-electron chi connectivity index (χ0n) is 9.29. The number of nitrogens with zero attached hydrogens (tertiary/aromatic N) is 1. The molecule has 14 heavy (non-hydrogen) atoms. The first-order valence-electron chi connectivity index (χ1n) is 5.54. The maximum Gasteiger partial charge on any atom is 0.0239 e. The number of benzene rings is 1. The van der Waals surface area contributed by atoms with Crippen LogP contribution in [0, 0.1) is 6.07 Å². The van der Waals surface area contributed by atoms with Gasteiger partial charge in [-0.1, -0.05) is 38.1 Å². The van der Waals surface area contributed by atoms with E-state index in [1.165, 1.54) is 31.5 Å². The van der Waals surface area contributed by atoms with E-state index in [9.17, 15) is 0 Å². The van der Waals surface area contributed by atoms with Gasteiger partial charge in [-0.15, -0.1) is 0 Å². The summed E-state index contributed by atoms with van der Waals surface area (Å²) in [5, 5.41) is 0. The molecule has 0 bridgehead atoms. The van der Waals surface area contributed by atoms with E-state index in [0.717, 1.165) is 6.54 Å². The van der Waals surface area contributed by atoms with Gasteiger partial charge in [0, 0.05) is 6.54 Å². The summed E-state index contributed by atoms with van der Waals surface area (Å²) < 4.78 is 0. The van der Waals surface area contributed by atoms with Crippen LogP contribution >= 0.6 is 0 Å². The minimum absolute atomic E-state index is 1.04. The smallest absolute Gasteiger partial charge is 0.0239 e. The van der Waals surface area contributed by atoms with Crippen molar-refractivity contribution in [3.8, 4) is 0 Å². The van der Waals surface area contributed by atoms with Crippen molar-refractivity contribution >= 4 is 0 Å². The van der Waals surface area contributed by atoms with Crippen molar-refractivity contribution in [1.82, 2.24) is 4.90 Å². The van der Waals surface area contributed by atoms with Crippen LogP contribution in [0.5, 0.6) is 0 Å². The lowest BCUT2D eigenvalue weighted by atomic mass is 10.2. The van der Waals surface area contributed by atoms with Gasteiger partial charge >= 0.3 is 0 Å². The molecule has 1 aromatic rings. The molecule has 0 saturated carbocycles. The lowest BCUT2D eigenvalue weighted by Gasteiger charge is -2.20. The van der Waals surface area contributed by atoms with Gasteiger partial charge in [-0.2, -0.15) is 0 Å². The van der Waals surface area contributed by atoms with Crippen molar-refractivity contribution in [2.75, 3.05) is 13.1 Å². The summed E-state index contributed by atoms with van der Waals surface area (Å²) in [6, 6.07) is 11.5. The Balaban J connectivity index is 2.46. The van der Waals surface area contributed by atoms with Gasteiger partial charge in [0.15, 0.2) is 0 Å². The second-order valence-electron chi connectivity index (χ2n) is 3.66. The van der Waals surface area contributed by atoms with Gasteiger partial charge in [0.2, 0.25) is 0 Å². The van der Waals surface area contributed by atoms with Crippen LogP contribution in [0.1, 0.15) is 32.3 Å². The maximum absolute atomic E-state index is 3.27. The predicted molar refractivity (Wildman–Crippen MR) is 61.1 cm³/mol. The summed E-state index contributed by atoms with van der Waals surface area (Å²) in [6.07, 6.45) is 2.46. The summed E-state index contributed by atoms with van der Waals surface area (Å²) in [7, 11) is 0. The third kappa shape index (κ3) is 3.93. The molecule has 0 heterocycles. The van der Waals surface area contributed by atoms with E-state index in [0.29, 0.717) is 0 Å². The molecule has 0 spiro atoms. The molecule has 1 radical (unpaired) electrons. The summed E-state index contributed by atoms with van der Waals surface area (Å²) >= 11 is 0. The lowest BCUT2D eigenvalue weighted by molar-refractivity contribution is 0.266. The van der Waals surface area contributed by atoms with Crippen molar-refractivity contribution in [2.24, 2.45) is 0 Å². The first-order valence-corrected chi connectivity index (χ1v) is 5.54. The van der Waals surface area contributed by atoms with Crippen LogP contribution < -0.4 is 0 Å². The largest absolute Gasteiger partial charge is 0.299 e. The molecule has 0 N–H and O–H groups in total. The molecule has 1 heteroatoms. The summed E-state index contributed by atoms with van der Waals surface area (Å²) in [4.78, 5) is 2.49. The van der Waals surface area contributed by atoms with E-state index in [4.69, 9.17) is 0 Å². The predicted octanol–water partition coefficient (Wildman–Crippen LogP) is 3.11. The molecule has 0 aromatic heterocycles. The topological polar surface area (TPSA) is 3.24 Å². The number of hydrogen-bond acceptors (Lipinski definition) is 1. The zero-order chi connectivity index (χ0) is 10.2. The molecule has 0 unspecified atom stereocenters. The fourth-order valence-corrected chi connectivity index (χ4v) is 1.67. The Morgan fingerprint density at radius 3 is 2.36 bits per heavy atom. The summed E-state index contributed by atoms with van der Waals surface area (Å²) in [5.41, 5.74) is 1.30. The van der Waals surface area contributed by atoms with Gasteiger partial charge in [0.1, 0.15) is 0 Å². The summed E-state index contributed by atoms with van der Waals surface area (Å²) in [5.74, 6) is 0. The second kappa shape index (κ2) is 6.61. The van der Waals surface area contributed by atoms with E-state index in [1.807, 2.05) is 12.1 Å². The highest BCUT2D eigenvalue weighted by atomic mass is 15.1. The monoisotopic (exact) mass is 190 g/mol. The molecule has 0 fully saturated rings. The molecular formula is C13H20N. The Morgan fingerprint density at radius 2 is 1.86 bits per heavy atom. The van der Waals surface area contributed by atoms with E-state index in [-0.39, 0.29) is 0 Å². The highest BCUT2D eigenvalue weighted by molar-refractivity contribution is 5.12. The van der Waals surface area contributed by atoms with Crippen LogP contribution in [0.4, 0.5) is 0 Å². The zero-order valence-corrected chi connectivity index (χ0v) is 9.29. The maximum atomic E-state index is 3.27. The van der Waals surface area contributed by atoms with Crippen molar-refractivity contribution < 1.29 is 0 Å². The van der Waals surface area contributed by atoms with Gasteiger partial charge in [0.05, 0.1) is 0 Å². The highest BCUT2D eigenvalue weighted by Gasteiger charge is 2.02. The third-order valence-electron chi connectivity index (χ3n) is 2.25. The standard InChI is InChI=1S/C13H20N/c1-3-10-14(11-4-2)12-13-8-6-5-7-9-13/h5-8H,3-4,10-12H2,1-2H3. The van der Waals surface area contributed by atoms with Crippen molar-refractivity contribution in [2.45, 2.75) is 33.2 Å². The van der Waals surface area contributed by atoms with E-state index >= 15 is 0 Å². The second-order valence-corrected chi connectivity index (χ2v) is 3.66. The van der Waals surface area contributed by atoms with Crippen LogP contribution in [-0.2, 0) is 6.54 Å². The molecule has 1 rings (SSSR count). The first-order chi connectivity index (χ1) is 6.86. The highest BCUT2D eigenvalue weighted by Crippen LogP contribution is 2.04. The van der Waals surface area contributed by atoms with Crippen molar-refractivity contribution in [1.29, 1.82) is 0 Å². The van der Waals surface area contributed by atoms with Crippen LogP contribution in [0.15, 0.2) is 24.3 Å². The Hall–Kier alpha value is -0.820. The van der Waals surface area contributed by atoms with Crippen LogP contribution in [0.2, 0.25) is 0 Å². The lowest BCUT2D eigenvalue weighted by Crippen LogP contribution is -2.24. The molecule has 0 atom stereocenters. The normalized spacial score (nSPS) is 10.8. The molecule has 0 aliphatic heterocycles. The van der Waals surface area contributed by atoms with Crippen molar-refractivity contribution in [3.05, 3.63) is 35.9 Å². The van der Waals surface area contributed by atoms with Gasteiger partial charge < -0.3 is 0 Å². The Bertz CT molecular complexity index is 224. The van der Waals surface area contributed by atoms with Crippen molar-refractivity contribution in [3.63, 3.8) is 0 Å². The minimum Gasteiger partial charge on any atom is -0.299 e. The fraction of sp³-hybridized carbons (Fsp3) is 0.538. The molecular weight excluding hydrogens is 170 g/mol. The molecule has 1 nitrogen and oxygen atoms in total. The van der Waals surface area contributed by atoms with E-state index in [1.54, 1.807) is 0 Å². The number of rotatable bonds is 6. The molecule has 0 aliphatic carbocycles. The van der Waals surface area contributed by atoms with Crippen LogP contribution in [-0.4, -0.2) is 18.0 Å². The fourth-order valence-electron chi connectivity index (χ4n) is 1.67. The van der Waals surface area contributed by atoms with E-state index < -0.39 is 0 Å². The van der Waals surface area contributed by atoms with Crippen LogP contribution in [0.3, 0.4) is 0 Å². The average molecular weight is 190 g/mol. The Kier molecular flexibility index (Phi) is 5.31. The van der Waals surface area contributed by atoms with E-state index in [2.05, 4.69) is 36.9 Å². The molecule has 0 aliphatic rings. The van der Waals surface area contributed by atoms with Gasteiger partial charge in [0.25, 0.3) is 0 Å². The number of hydrogen-bond donors (Lipinski definition) is 0. The first kappa shape index (κ1) is 11.3.